The fourth-order valence-electron chi connectivity index (χ4n) is 1.56. The predicted octanol–water partition coefficient (Wildman–Crippen LogP) is 3.59. The summed E-state index contributed by atoms with van der Waals surface area (Å²) in [7, 11) is 0. The summed E-state index contributed by atoms with van der Waals surface area (Å²) in [5.41, 5.74) is 0.428. The van der Waals surface area contributed by atoms with Gasteiger partial charge in [0.15, 0.2) is 0 Å². The molecule has 0 atom stereocenters. The van der Waals surface area contributed by atoms with Crippen molar-refractivity contribution in [2.75, 3.05) is 6.54 Å². The molecule has 4 nitrogen and oxygen atoms in total. The van der Waals surface area contributed by atoms with Crippen molar-refractivity contribution in [1.29, 1.82) is 0 Å². The molecule has 0 aliphatic carbocycles. The summed E-state index contributed by atoms with van der Waals surface area (Å²) < 4.78 is 1.22. The number of carbonyl (C=O) groups is 2. The van der Waals surface area contributed by atoms with Crippen LogP contribution >= 0.6 is 43.6 Å². The minimum absolute atomic E-state index is 0.00283. The minimum atomic E-state index is -0.451. The molecule has 1 aliphatic rings. The maximum Gasteiger partial charge on any atom is 0.294 e. The first-order valence-corrected chi connectivity index (χ1v) is 7.71. The lowest BCUT2D eigenvalue weighted by atomic mass is 10.2. The van der Waals surface area contributed by atoms with E-state index in [1.165, 1.54) is 6.08 Å². The van der Waals surface area contributed by atoms with Crippen molar-refractivity contribution in [3.63, 3.8) is 0 Å². The van der Waals surface area contributed by atoms with Gasteiger partial charge >= 0.3 is 0 Å². The molecule has 2 rings (SSSR count). The van der Waals surface area contributed by atoms with E-state index >= 15 is 0 Å². The minimum Gasteiger partial charge on any atom is -0.506 e. The lowest BCUT2D eigenvalue weighted by Crippen LogP contribution is -2.28. The van der Waals surface area contributed by atoms with E-state index in [-0.39, 0.29) is 17.2 Å². The number of benzene rings is 1. The number of imide groups is 1. The molecule has 0 spiro atoms. The van der Waals surface area contributed by atoms with Crippen LogP contribution < -0.4 is 0 Å². The topological polar surface area (TPSA) is 57.6 Å². The second-order valence-corrected chi connectivity index (χ2v) is 6.56. The van der Waals surface area contributed by atoms with Crippen LogP contribution in [0.1, 0.15) is 5.56 Å². The van der Waals surface area contributed by atoms with Gasteiger partial charge in [-0.15, -0.1) is 6.42 Å². The van der Waals surface area contributed by atoms with Gasteiger partial charge in [-0.2, -0.15) is 0 Å². The molecule has 1 fully saturated rings. The van der Waals surface area contributed by atoms with E-state index in [0.717, 1.165) is 21.1 Å². The van der Waals surface area contributed by atoms with Gasteiger partial charge < -0.3 is 5.11 Å². The maximum atomic E-state index is 12.0. The number of phenols is 1. The Kier molecular flexibility index (Phi) is 4.58. The standard InChI is InChI=1S/C13H7Br2NO3S/c1-2-3-16-12(18)10(20-13(16)19)5-7-4-8(14)6-9(15)11(7)17/h1,4-6,17H,3H2/b10-5+. The van der Waals surface area contributed by atoms with E-state index in [1.54, 1.807) is 12.1 Å². The third-order valence-corrected chi connectivity index (χ3v) is 4.44. The maximum absolute atomic E-state index is 12.0. The van der Waals surface area contributed by atoms with E-state index in [9.17, 15) is 14.7 Å². The van der Waals surface area contributed by atoms with Gasteiger partial charge in [0.25, 0.3) is 11.1 Å². The van der Waals surface area contributed by atoms with E-state index in [1.807, 2.05) is 0 Å². The summed E-state index contributed by atoms with van der Waals surface area (Å²) in [6.45, 7) is -0.0594. The molecule has 1 aromatic carbocycles. The molecular weight excluding hydrogens is 410 g/mol. The molecule has 1 N–H and O–H groups in total. The Morgan fingerprint density at radius 1 is 1.40 bits per heavy atom. The summed E-state index contributed by atoms with van der Waals surface area (Å²) in [6, 6.07) is 3.33. The van der Waals surface area contributed by atoms with Crippen LogP contribution in [-0.4, -0.2) is 27.7 Å². The van der Waals surface area contributed by atoms with E-state index in [2.05, 4.69) is 37.8 Å². The number of nitrogens with zero attached hydrogens (tertiary/aromatic N) is 1. The monoisotopic (exact) mass is 415 g/mol. The number of amides is 2. The molecule has 7 heteroatoms. The highest BCUT2D eigenvalue weighted by Crippen LogP contribution is 2.37. The third kappa shape index (κ3) is 2.92. The molecular formula is C13H7Br2NO3S. The van der Waals surface area contributed by atoms with Crippen molar-refractivity contribution >= 4 is 60.8 Å². The van der Waals surface area contributed by atoms with Crippen LogP contribution in [0.2, 0.25) is 0 Å². The Morgan fingerprint density at radius 2 is 2.10 bits per heavy atom. The van der Waals surface area contributed by atoms with Crippen LogP contribution in [0.25, 0.3) is 6.08 Å². The summed E-state index contributed by atoms with van der Waals surface area (Å²) in [6.07, 6.45) is 6.58. The Hall–Kier alpha value is -1.23. The predicted molar refractivity (Wildman–Crippen MR) is 85.0 cm³/mol. The first-order valence-electron chi connectivity index (χ1n) is 5.31. The molecule has 20 heavy (non-hydrogen) atoms. The number of terminal acetylenes is 1. The van der Waals surface area contributed by atoms with Gasteiger partial charge in [-0.1, -0.05) is 21.9 Å². The lowest BCUT2D eigenvalue weighted by molar-refractivity contribution is -0.122. The highest BCUT2D eigenvalue weighted by atomic mass is 79.9. The average molecular weight is 417 g/mol. The Balaban J connectivity index is 2.41. The number of aromatic hydroxyl groups is 1. The van der Waals surface area contributed by atoms with Gasteiger partial charge in [0.1, 0.15) is 5.75 Å². The SMILES string of the molecule is C#CCN1C(=O)S/C(=C/c2cc(Br)cc(Br)c2O)C1=O. The zero-order valence-corrected chi connectivity index (χ0v) is 13.9. The van der Waals surface area contributed by atoms with Crippen LogP contribution in [-0.2, 0) is 4.79 Å². The van der Waals surface area contributed by atoms with Gasteiger partial charge in [0.05, 0.1) is 15.9 Å². The Morgan fingerprint density at radius 3 is 2.75 bits per heavy atom. The Bertz CT molecular complexity index is 679. The van der Waals surface area contributed by atoms with Crippen molar-refractivity contribution in [1.82, 2.24) is 4.90 Å². The second kappa shape index (κ2) is 6.04. The normalized spacial score (nSPS) is 16.9. The van der Waals surface area contributed by atoms with Crippen LogP contribution in [0.3, 0.4) is 0 Å². The largest absolute Gasteiger partial charge is 0.506 e. The Labute approximate surface area is 136 Å². The lowest BCUT2D eigenvalue weighted by Gasteiger charge is -2.07. The van der Waals surface area contributed by atoms with Crippen LogP contribution in [0.15, 0.2) is 26.0 Å². The summed E-state index contributed by atoms with van der Waals surface area (Å²) in [5, 5.41) is 9.53. The number of phenolic OH excluding ortho intramolecular Hbond substituents is 1. The molecule has 0 saturated carbocycles. The van der Waals surface area contributed by atoms with Gasteiger partial charge in [-0.05, 0) is 45.9 Å². The first-order chi connectivity index (χ1) is 9.43. The molecule has 1 saturated heterocycles. The van der Waals surface area contributed by atoms with Gasteiger partial charge in [-0.25, -0.2) is 0 Å². The highest BCUT2D eigenvalue weighted by Gasteiger charge is 2.34. The van der Waals surface area contributed by atoms with E-state index < -0.39 is 11.1 Å². The number of carbonyl (C=O) groups excluding carboxylic acids is 2. The molecule has 0 aromatic heterocycles. The van der Waals surface area contributed by atoms with Crippen LogP contribution in [0.4, 0.5) is 4.79 Å². The molecule has 0 radical (unpaired) electrons. The second-order valence-electron chi connectivity index (χ2n) is 3.80. The molecule has 0 unspecified atom stereocenters. The first kappa shape index (κ1) is 15.2. The quantitative estimate of drug-likeness (QED) is 0.591. The zero-order chi connectivity index (χ0) is 14.9. The number of halogens is 2. The number of hydrogen-bond acceptors (Lipinski definition) is 4. The van der Waals surface area contributed by atoms with Crippen molar-refractivity contribution in [2.24, 2.45) is 0 Å². The molecule has 2 amide bonds. The van der Waals surface area contributed by atoms with E-state index in [4.69, 9.17) is 6.42 Å². The average Bonchev–Trinajstić information content (AvgIpc) is 2.63. The molecule has 1 aliphatic heterocycles. The fraction of sp³-hybridized carbons (Fsp3) is 0.0769. The van der Waals surface area contributed by atoms with Crippen molar-refractivity contribution in [3.05, 3.63) is 31.5 Å². The summed E-state index contributed by atoms with van der Waals surface area (Å²) in [5.74, 6) is 1.81. The van der Waals surface area contributed by atoms with Crippen molar-refractivity contribution in [2.45, 2.75) is 0 Å². The van der Waals surface area contributed by atoms with Crippen LogP contribution in [0.5, 0.6) is 5.75 Å². The van der Waals surface area contributed by atoms with Gasteiger partial charge in [-0.3, -0.25) is 14.5 Å². The molecule has 102 valence electrons. The molecule has 1 heterocycles. The van der Waals surface area contributed by atoms with Crippen molar-refractivity contribution in [3.8, 4) is 18.1 Å². The summed E-state index contributed by atoms with van der Waals surface area (Å²) in [4.78, 5) is 24.9. The van der Waals surface area contributed by atoms with Gasteiger partial charge in [0.2, 0.25) is 0 Å². The third-order valence-electron chi connectivity index (χ3n) is 2.47. The zero-order valence-electron chi connectivity index (χ0n) is 9.89. The fourth-order valence-corrected chi connectivity index (χ4v) is 3.65. The molecule has 1 aromatic rings. The van der Waals surface area contributed by atoms with Crippen LogP contribution in [0, 0.1) is 12.3 Å². The van der Waals surface area contributed by atoms with Crippen molar-refractivity contribution < 1.29 is 14.7 Å². The summed E-state index contributed by atoms with van der Waals surface area (Å²) >= 11 is 7.30. The molecule has 0 bridgehead atoms. The smallest absolute Gasteiger partial charge is 0.294 e. The number of thioether (sulfide) groups is 1. The van der Waals surface area contributed by atoms with Gasteiger partial charge in [0, 0.05) is 10.0 Å². The van der Waals surface area contributed by atoms with E-state index in [0.29, 0.717) is 10.0 Å². The number of hydrogen-bond donors (Lipinski definition) is 1. The number of rotatable bonds is 2. The highest BCUT2D eigenvalue weighted by molar-refractivity contribution is 9.11.